The molecule has 0 spiro atoms. The zero-order chi connectivity index (χ0) is 14.2. The van der Waals surface area contributed by atoms with Crippen LogP contribution in [0.4, 0.5) is 5.82 Å². The van der Waals surface area contributed by atoms with Crippen molar-refractivity contribution in [1.82, 2.24) is 15.2 Å². The molecule has 1 aliphatic rings. The second kappa shape index (κ2) is 8.19. The Bertz CT molecular complexity index is 391. The number of pyridine rings is 1. The zero-order valence-corrected chi connectivity index (χ0v) is 12.6. The smallest absolute Gasteiger partial charge is 0.133 e. The van der Waals surface area contributed by atoms with Crippen molar-refractivity contribution in [2.45, 2.75) is 13.0 Å². The number of anilines is 1. The number of morpholine rings is 1. The van der Waals surface area contributed by atoms with Gasteiger partial charge in [0.1, 0.15) is 5.82 Å². The Morgan fingerprint density at radius 3 is 2.90 bits per heavy atom. The fraction of sp³-hybridized carbons (Fsp3) is 0.667. The van der Waals surface area contributed by atoms with Gasteiger partial charge in [-0.05, 0) is 39.7 Å². The first-order valence-corrected chi connectivity index (χ1v) is 7.39. The van der Waals surface area contributed by atoms with Crippen LogP contribution in [0.15, 0.2) is 18.3 Å². The van der Waals surface area contributed by atoms with Gasteiger partial charge in [-0.2, -0.15) is 0 Å². The quantitative estimate of drug-likeness (QED) is 0.752. The SMILES string of the molecule is CN(C)CCCNCc1cccnc1N1CCOCC1. The van der Waals surface area contributed by atoms with Crippen LogP contribution in [0.25, 0.3) is 0 Å². The van der Waals surface area contributed by atoms with E-state index in [0.29, 0.717) is 0 Å². The Labute approximate surface area is 121 Å². The summed E-state index contributed by atoms with van der Waals surface area (Å²) in [5.74, 6) is 1.11. The first kappa shape index (κ1) is 15.2. The van der Waals surface area contributed by atoms with E-state index >= 15 is 0 Å². The van der Waals surface area contributed by atoms with E-state index in [1.807, 2.05) is 12.3 Å². The normalized spacial score (nSPS) is 15.8. The Hall–Kier alpha value is -1.17. The van der Waals surface area contributed by atoms with Crippen molar-refractivity contribution >= 4 is 5.82 Å². The van der Waals surface area contributed by atoms with E-state index in [9.17, 15) is 0 Å². The second-order valence-corrected chi connectivity index (χ2v) is 5.42. The average molecular weight is 278 g/mol. The third-order valence-electron chi connectivity index (χ3n) is 3.45. The number of rotatable bonds is 7. The first-order chi connectivity index (χ1) is 9.77. The first-order valence-electron chi connectivity index (χ1n) is 7.39. The van der Waals surface area contributed by atoms with E-state index in [-0.39, 0.29) is 0 Å². The lowest BCUT2D eigenvalue weighted by Gasteiger charge is -2.29. The lowest BCUT2D eigenvalue weighted by Crippen LogP contribution is -2.37. The van der Waals surface area contributed by atoms with Crippen LogP contribution in [0.3, 0.4) is 0 Å². The Kier molecular flexibility index (Phi) is 6.24. The predicted octanol–water partition coefficient (Wildman–Crippen LogP) is 0.959. The molecule has 0 bridgehead atoms. The lowest BCUT2D eigenvalue weighted by atomic mass is 10.2. The monoisotopic (exact) mass is 278 g/mol. The van der Waals surface area contributed by atoms with Gasteiger partial charge in [-0.3, -0.25) is 0 Å². The van der Waals surface area contributed by atoms with Crippen molar-refractivity contribution in [3.8, 4) is 0 Å². The molecule has 1 aliphatic heterocycles. The maximum atomic E-state index is 5.41. The van der Waals surface area contributed by atoms with Crippen LogP contribution in [0.5, 0.6) is 0 Å². The summed E-state index contributed by atoms with van der Waals surface area (Å²) >= 11 is 0. The second-order valence-electron chi connectivity index (χ2n) is 5.42. The molecule has 2 rings (SSSR count). The molecule has 1 aromatic rings. The van der Waals surface area contributed by atoms with Gasteiger partial charge in [0, 0.05) is 31.4 Å². The molecule has 5 nitrogen and oxygen atoms in total. The van der Waals surface area contributed by atoms with E-state index in [1.165, 1.54) is 12.0 Å². The molecule has 1 N–H and O–H groups in total. The van der Waals surface area contributed by atoms with Gasteiger partial charge in [0.2, 0.25) is 0 Å². The highest BCUT2D eigenvalue weighted by atomic mass is 16.5. The third kappa shape index (κ3) is 4.74. The number of hydrogen-bond acceptors (Lipinski definition) is 5. The average Bonchev–Trinajstić information content (AvgIpc) is 2.48. The molecule has 1 fully saturated rings. The minimum Gasteiger partial charge on any atom is -0.378 e. The van der Waals surface area contributed by atoms with Gasteiger partial charge >= 0.3 is 0 Å². The summed E-state index contributed by atoms with van der Waals surface area (Å²) in [5, 5.41) is 3.51. The maximum Gasteiger partial charge on any atom is 0.133 e. The highest BCUT2D eigenvalue weighted by Gasteiger charge is 2.15. The van der Waals surface area contributed by atoms with Crippen LogP contribution in [-0.2, 0) is 11.3 Å². The van der Waals surface area contributed by atoms with E-state index in [1.54, 1.807) is 0 Å². The molecule has 20 heavy (non-hydrogen) atoms. The van der Waals surface area contributed by atoms with Crippen LogP contribution >= 0.6 is 0 Å². The Morgan fingerprint density at radius 2 is 2.15 bits per heavy atom. The number of ether oxygens (including phenoxy) is 1. The van der Waals surface area contributed by atoms with Gasteiger partial charge in [-0.15, -0.1) is 0 Å². The molecule has 0 radical (unpaired) electrons. The molecular weight excluding hydrogens is 252 g/mol. The van der Waals surface area contributed by atoms with Crippen molar-refractivity contribution in [2.75, 3.05) is 58.4 Å². The molecule has 0 saturated carbocycles. The van der Waals surface area contributed by atoms with Crippen LogP contribution in [-0.4, -0.2) is 63.4 Å². The fourth-order valence-corrected chi connectivity index (χ4v) is 2.37. The minimum atomic E-state index is 0.798. The van der Waals surface area contributed by atoms with Gasteiger partial charge in [0.05, 0.1) is 13.2 Å². The lowest BCUT2D eigenvalue weighted by molar-refractivity contribution is 0.122. The maximum absolute atomic E-state index is 5.41. The van der Waals surface area contributed by atoms with Crippen molar-refractivity contribution in [3.05, 3.63) is 23.9 Å². The molecule has 0 atom stereocenters. The standard InChI is InChI=1S/C15H26N4O/c1-18(2)8-4-6-16-13-14-5-3-7-17-15(14)19-9-11-20-12-10-19/h3,5,7,16H,4,6,8-13H2,1-2H3. The predicted molar refractivity (Wildman–Crippen MR) is 82.1 cm³/mol. The highest BCUT2D eigenvalue weighted by Crippen LogP contribution is 2.18. The van der Waals surface area contributed by atoms with E-state index < -0.39 is 0 Å². The molecule has 1 saturated heterocycles. The summed E-state index contributed by atoms with van der Waals surface area (Å²) in [6, 6.07) is 4.18. The van der Waals surface area contributed by atoms with Crippen molar-refractivity contribution in [3.63, 3.8) is 0 Å². The summed E-state index contributed by atoms with van der Waals surface area (Å²) in [5.41, 5.74) is 1.28. The summed E-state index contributed by atoms with van der Waals surface area (Å²) in [6.45, 7) is 6.51. The highest BCUT2D eigenvalue weighted by molar-refractivity contribution is 5.46. The summed E-state index contributed by atoms with van der Waals surface area (Å²) < 4.78 is 5.41. The largest absolute Gasteiger partial charge is 0.378 e. The van der Waals surface area contributed by atoms with E-state index in [4.69, 9.17) is 4.74 Å². The molecule has 5 heteroatoms. The van der Waals surface area contributed by atoms with Gasteiger partial charge in [-0.25, -0.2) is 4.98 Å². The van der Waals surface area contributed by atoms with Crippen LogP contribution in [0, 0.1) is 0 Å². The van der Waals surface area contributed by atoms with Crippen molar-refractivity contribution in [2.24, 2.45) is 0 Å². The van der Waals surface area contributed by atoms with Crippen LogP contribution in [0.2, 0.25) is 0 Å². The molecule has 112 valence electrons. The van der Waals surface area contributed by atoms with Crippen LogP contribution < -0.4 is 10.2 Å². The number of nitrogens with zero attached hydrogens (tertiary/aromatic N) is 3. The zero-order valence-electron chi connectivity index (χ0n) is 12.6. The molecule has 1 aromatic heterocycles. The molecular formula is C15H26N4O. The van der Waals surface area contributed by atoms with Crippen LogP contribution in [0.1, 0.15) is 12.0 Å². The molecule has 0 unspecified atom stereocenters. The fourth-order valence-electron chi connectivity index (χ4n) is 2.37. The molecule has 2 heterocycles. The van der Waals surface area contributed by atoms with Gasteiger partial charge in [0.25, 0.3) is 0 Å². The molecule has 0 aromatic carbocycles. The van der Waals surface area contributed by atoms with Gasteiger partial charge in [0.15, 0.2) is 0 Å². The Morgan fingerprint density at radius 1 is 1.35 bits per heavy atom. The van der Waals surface area contributed by atoms with Gasteiger partial charge < -0.3 is 19.9 Å². The van der Waals surface area contributed by atoms with Crippen molar-refractivity contribution < 1.29 is 4.74 Å². The van der Waals surface area contributed by atoms with E-state index in [0.717, 1.165) is 51.8 Å². The Balaban J connectivity index is 1.84. The summed E-state index contributed by atoms with van der Waals surface area (Å²) in [4.78, 5) is 9.08. The number of hydrogen-bond donors (Lipinski definition) is 1. The summed E-state index contributed by atoms with van der Waals surface area (Å²) in [7, 11) is 4.22. The van der Waals surface area contributed by atoms with Crippen molar-refractivity contribution in [1.29, 1.82) is 0 Å². The minimum absolute atomic E-state index is 0.798. The number of aromatic nitrogens is 1. The van der Waals surface area contributed by atoms with Gasteiger partial charge in [-0.1, -0.05) is 6.07 Å². The van der Waals surface area contributed by atoms with E-state index in [2.05, 4.69) is 40.3 Å². The topological polar surface area (TPSA) is 40.6 Å². The molecule has 0 amide bonds. The number of nitrogens with one attached hydrogen (secondary N) is 1. The molecule has 0 aliphatic carbocycles. The summed E-state index contributed by atoms with van der Waals surface area (Å²) in [6.07, 6.45) is 3.04. The third-order valence-corrected chi connectivity index (χ3v) is 3.45.